The van der Waals surface area contributed by atoms with Crippen molar-refractivity contribution in [2.24, 2.45) is 0 Å². The van der Waals surface area contributed by atoms with Crippen molar-refractivity contribution in [3.8, 4) is 22.9 Å². The van der Waals surface area contributed by atoms with Crippen LogP contribution < -0.4 is 0 Å². The van der Waals surface area contributed by atoms with Crippen molar-refractivity contribution in [2.45, 2.75) is 39.3 Å². The summed E-state index contributed by atoms with van der Waals surface area (Å²) >= 11 is 0. The number of benzene rings is 2. The minimum absolute atomic E-state index is 0. The van der Waals surface area contributed by atoms with Gasteiger partial charge in [0.05, 0.1) is 0 Å². The molecular weight excluding hydrogens is 496 g/mol. The van der Waals surface area contributed by atoms with Crippen LogP contribution in [0.15, 0.2) is 48.5 Å². The molecule has 35 heavy (non-hydrogen) atoms. The maximum atomic E-state index is 3.38. The van der Waals surface area contributed by atoms with Crippen molar-refractivity contribution in [1.29, 1.82) is 0 Å². The van der Waals surface area contributed by atoms with Crippen LogP contribution in [0.25, 0.3) is 0 Å². The quantitative estimate of drug-likeness (QED) is 0.282. The second-order valence-electron chi connectivity index (χ2n) is 10.5. The monoisotopic (exact) mass is 530 g/mol. The number of hydrogen-bond acceptors (Lipinski definition) is 0. The minimum atomic E-state index is -1.27. The largest absolute Gasteiger partial charge is 2.00 e. The molecule has 3 heteroatoms. The Morgan fingerprint density at radius 3 is 1.00 bits per heavy atom. The molecule has 0 saturated heterocycles. The Morgan fingerprint density at radius 1 is 0.457 bits per heavy atom. The molecule has 0 unspecified atom stereocenters. The van der Waals surface area contributed by atoms with Crippen molar-refractivity contribution in [1.82, 2.24) is 0 Å². The molecule has 0 N–H and O–H groups in total. The first-order valence-corrected chi connectivity index (χ1v) is 18.8. The van der Waals surface area contributed by atoms with Gasteiger partial charge in [0.2, 0.25) is 0 Å². The summed E-state index contributed by atoms with van der Waals surface area (Å²) in [6.45, 7) is 13.6. The van der Waals surface area contributed by atoms with E-state index in [4.69, 9.17) is 0 Å². The van der Waals surface area contributed by atoms with E-state index in [1.165, 1.54) is 23.0 Å². The van der Waals surface area contributed by atoms with Crippen LogP contribution in [-0.2, 0) is 17.1 Å². The topological polar surface area (TPSA) is 0 Å². The molecule has 2 fully saturated rings. The van der Waals surface area contributed by atoms with E-state index < -0.39 is 16.1 Å². The van der Waals surface area contributed by atoms with Crippen molar-refractivity contribution >= 4 is 16.1 Å². The molecule has 2 aromatic carbocycles. The van der Waals surface area contributed by atoms with E-state index >= 15 is 0 Å². The van der Waals surface area contributed by atoms with Gasteiger partial charge in [-0.1, -0.05) is 75.4 Å². The van der Waals surface area contributed by atoms with Crippen LogP contribution in [0.5, 0.6) is 0 Å². The zero-order valence-corrected chi connectivity index (χ0v) is 24.7. The summed E-state index contributed by atoms with van der Waals surface area (Å²) in [4.78, 5) is 0. The summed E-state index contributed by atoms with van der Waals surface area (Å²) in [6, 6.07) is 17.0. The van der Waals surface area contributed by atoms with Gasteiger partial charge in [0, 0.05) is 23.0 Å². The Morgan fingerprint density at radius 2 is 0.743 bits per heavy atom. The van der Waals surface area contributed by atoms with Gasteiger partial charge in [-0.25, -0.2) is 0 Å². The van der Waals surface area contributed by atoms with Gasteiger partial charge < -0.3 is 0 Å². The van der Waals surface area contributed by atoms with Crippen molar-refractivity contribution in [3.63, 3.8) is 0 Å². The fourth-order valence-electron chi connectivity index (χ4n) is 3.14. The molecule has 0 atom stereocenters. The predicted octanol–water partition coefficient (Wildman–Crippen LogP) is 7.34. The third-order valence-electron chi connectivity index (χ3n) is 4.93. The van der Waals surface area contributed by atoms with Gasteiger partial charge in [0.15, 0.2) is 0 Å². The molecule has 176 valence electrons. The molecule has 2 saturated carbocycles. The van der Waals surface area contributed by atoms with Gasteiger partial charge in [-0.15, -0.1) is 11.1 Å². The molecule has 2 aromatic rings. The normalized spacial score (nSPS) is 16.2. The van der Waals surface area contributed by atoms with E-state index in [0.717, 1.165) is 11.1 Å². The second kappa shape index (κ2) is 13.7. The van der Waals surface area contributed by atoms with E-state index in [1.807, 2.05) is 0 Å². The molecule has 2 aliphatic carbocycles. The van der Waals surface area contributed by atoms with Crippen LogP contribution in [0.2, 0.25) is 39.3 Å². The molecule has 4 rings (SSSR count). The summed E-state index contributed by atoms with van der Waals surface area (Å²) < 4.78 is 0. The Balaban J connectivity index is 0.000000240. The van der Waals surface area contributed by atoms with Gasteiger partial charge in [0.25, 0.3) is 0 Å². The number of hydrogen-bond donors (Lipinski definition) is 0. The second-order valence-corrected chi connectivity index (χ2v) is 20.0. The van der Waals surface area contributed by atoms with Gasteiger partial charge in [-0.2, -0.15) is 0 Å². The van der Waals surface area contributed by atoms with Gasteiger partial charge in [-0.3, -0.25) is 0 Å². The standard InChI is InChI=1S/2C16H17Si.Fe/c2*1-17(2,3)13-12-14-8-10-16(11-9-14)15-6-4-5-7-15;/h2*4-11H,1-3H3;/q;;+2. The van der Waals surface area contributed by atoms with E-state index in [9.17, 15) is 0 Å². The molecule has 0 bridgehead atoms. The Kier molecular flexibility index (Phi) is 11.7. The summed E-state index contributed by atoms with van der Waals surface area (Å²) in [7, 11) is -2.54. The first kappa shape index (κ1) is 29.7. The minimum Gasteiger partial charge on any atom is -0.127 e. The molecule has 2 aliphatic rings. The Hall–Kier alpha value is -1.49. The third-order valence-corrected chi connectivity index (χ3v) is 6.68. The zero-order valence-electron chi connectivity index (χ0n) is 21.6. The molecule has 0 aromatic heterocycles. The molecule has 0 spiro atoms. The summed E-state index contributed by atoms with van der Waals surface area (Å²) in [5, 5.41) is 0. The van der Waals surface area contributed by atoms with Crippen LogP contribution in [0.4, 0.5) is 0 Å². The van der Waals surface area contributed by atoms with Crippen LogP contribution >= 0.6 is 0 Å². The molecular formula is C32H34FeSi2+2. The first-order chi connectivity index (χ1) is 16.1. The molecule has 0 heterocycles. The van der Waals surface area contributed by atoms with E-state index in [2.05, 4.69) is 162 Å². The molecule has 0 amide bonds. The van der Waals surface area contributed by atoms with E-state index in [0.29, 0.717) is 0 Å². The predicted molar refractivity (Wildman–Crippen MR) is 152 cm³/mol. The van der Waals surface area contributed by atoms with Gasteiger partial charge >= 0.3 is 17.1 Å². The van der Waals surface area contributed by atoms with Crippen molar-refractivity contribution < 1.29 is 17.1 Å². The molecule has 0 aliphatic heterocycles. The first-order valence-electron chi connectivity index (χ1n) is 11.8. The number of rotatable bonds is 2. The van der Waals surface area contributed by atoms with Crippen molar-refractivity contribution in [2.75, 3.05) is 0 Å². The van der Waals surface area contributed by atoms with Gasteiger partial charge in [0.1, 0.15) is 16.1 Å². The smallest absolute Gasteiger partial charge is 0.127 e. The average Bonchev–Trinajstić information content (AvgIpc) is 3.51. The maximum absolute atomic E-state index is 3.38. The van der Waals surface area contributed by atoms with Crippen LogP contribution in [-0.4, -0.2) is 16.1 Å². The molecule has 0 nitrogen and oxygen atoms in total. The van der Waals surface area contributed by atoms with Crippen LogP contribution in [0.1, 0.15) is 22.3 Å². The fraction of sp³-hybridized carbons (Fsp3) is 0.188. The van der Waals surface area contributed by atoms with Crippen LogP contribution in [0.3, 0.4) is 0 Å². The van der Waals surface area contributed by atoms with E-state index in [-0.39, 0.29) is 17.1 Å². The molecule has 10 radical (unpaired) electrons. The van der Waals surface area contributed by atoms with E-state index in [1.54, 1.807) is 0 Å². The maximum Gasteiger partial charge on any atom is 2.00 e. The summed E-state index contributed by atoms with van der Waals surface area (Å²) in [5.74, 6) is 9.08. The average molecular weight is 531 g/mol. The Labute approximate surface area is 228 Å². The SMILES string of the molecule is C[Si](C)(C)C#Cc1ccc([C]2[CH][CH][CH][CH]2)cc1.C[Si](C)(C)C#Cc1ccc([C]2[CH][CH][CH][CH]2)cc1.[Fe+2]. The summed E-state index contributed by atoms with van der Waals surface area (Å²) in [6.07, 6.45) is 16.8. The zero-order chi connectivity index (χ0) is 24.6. The van der Waals surface area contributed by atoms with Crippen molar-refractivity contribution in [3.05, 3.63) is 134 Å². The third kappa shape index (κ3) is 11.0. The fourth-order valence-corrected chi connectivity index (χ4v) is 4.18. The van der Waals surface area contributed by atoms with Crippen LogP contribution in [0, 0.1) is 86.1 Å². The summed E-state index contributed by atoms with van der Waals surface area (Å²) in [5.41, 5.74) is 11.5. The Bertz CT molecular complexity index is 933. The van der Waals surface area contributed by atoms with Gasteiger partial charge in [-0.05, 0) is 86.8 Å².